The van der Waals surface area contributed by atoms with Crippen LogP contribution in [0.15, 0.2) is 18.5 Å². The largest absolute Gasteiger partial charge is 0.357 e. The molecule has 0 saturated carbocycles. The normalized spacial score (nSPS) is 24.4. The molecule has 0 radical (unpaired) electrons. The fraction of sp³-hybridized carbons (Fsp3) is 0.636. The van der Waals surface area contributed by atoms with Gasteiger partial charge >= 0.3 is 0 Å². The van der Waals surface area contributed by atoms with Gasteiger partial charge in [-0.3, -0.25) is 0 Å². The minimum atomic E-state index is -2.80. The number of rotatable bonds is 3. The van der Waals surface area contributed by atoms with Crippen molar-refractivity contribution in [1.82, 2.24) is 9.88 Å². The quantitative estimate of drug-likeness (QED) is 0.848. The molecule has 90 valence electrons. The molecule has 1 unspecified atom stereocenters. The average molecular weight is 242 g/mol. The molecular formula is C11H18N2O2S. The van der Waals surface area contributed by atoms with Crippen LogP contribution in [0.1, 0.15) is 18.4 Å². The first-order valence-corrected chi connectivity index (χ1v) is 7.42. The van der Waals surface area contributed by atoms with Gasteiger partial charge < -0.3 is 9.88 Å². The molecule has 0 bridgehead atoms. The van der Waals surface area contributed by atoms with E-state index in [1.165, 1.54) is 5.56 Å². The minimum Gasteiger partial charge on any atom is -0.357 e. The molecule has 4 nitrogen and oxygen atoms in total. The van der Waals surface area contributed by atoms with Crippen LogP contribution in [0, 0.1) is 0 Å². The SMILES string of the molecule is Cn1ccc(CNC2CCCS(=O)(=O)C2)c1. The molecule has 1 fully saturated rings. The lowest BCUT2D eigenvalue weighted by atomic mass is 10.2. The molecule has 1 atom stereocenters. The van der Waals surface area contributed by atoms with Crippen LogP contribution in [0.25, 0.3) is 0 Å². The molecule has 1 aromatic rings. The van der Waals surface area contributed by atoms with Crippen LogP contribution >= 0.6 is 0 Å². The molecule has 1 N–H and O–H groups in total. The molecule has 0 aromatic carbocycles. The van der Waals surface area contributed by atoms with Gasteiger partial charge in [-0.25, -0.2) is 8.42 Å². The van der Waals surface area contributed by atoms with Gasteiger partial charge in [-0.15, -0.1) is 0 Å². The number of hydrogen-bond donors (Lipinski definition) is 1. The molecule has 16 heavy (non-hydrogen) atoms. The Kier molecular flexibility index (Phi) is 3.35. The second-order valence-electron chi connectivity index (χ2n) is 4.52. The Morgan fingerprint density at radius 3 is 3.00 bits per heavy atom. The highest BCUT2D eigenvalue weighted by Crippen LogP contribution is 2.12. The molecule has 0 spiro atoms. The Bertz CT molecular complexity index is 450. The van der Waals surface area contributed by atoms with E-state index in [4.69, 9.17) is 0 Å². The lowest BCUT2D eigenvalue weighted by Gasteiger charge is -2.22. The molecule has 0 aliphatic carbocycles. The first-order chi connectivity index (χ1) is 7.55. The molecule has 1 aromatic heterocycles. The Labute approximate surface area is 96.6 Å². The van der Waals surface area contributed by atoms with E-state index in [0.29, 0.717) is 11.5 Å². The van der Waals surface area contributed by atoms with Crippen molar-refractivity contribution in [3.63, 3.8) is 0 Å². The number of aromatic nitrogens is 1. The fourth-order valence-electron chi connectivity index (χ4n) is 2.11. The van der Waals surface area contributed by atoms with Crippen LogP contribution in [-0.2, 0) is 23.4 Å². The van der Waals surface area contributed by atoms with Crippen LogP contribution in [-0.4, -0.2) is 30.5 Å². The van der Waals surface area contributed by atoms with Crippen LogP contribution < -0.4 is 5.32 Å². The molecule has 1 aliphatic rings. The summed E-state index contributed by atoms with van der Waals surface area (Å²) in [6.07, 6.45) is 5.79. The summed E-state index contributed by atoms with van der Waals surface area (Å²) in [7, 11) is -0.818. The smallest absolute Gasteiger partial charge is 0.151 e. The van der Waals surface area contributed by atoms with Crippen LogP contribution in [0.4, 0.5) is 0 Å². The Balaban J connectivity index is 1.86. The standard InChI is InChI=1S/C11H18N2O2S/c1-13-5-4-10(8-13)7-12-11-3-2-6-16(14,15)9-11/h4-5,8,11-12H,2-3,6-7,9H2,1H3. The number of nitrogens with one attached hydrogen (secondary N) is 1. The maximum atomic E-state index is 11.4. The zero-order chi connectivity index (χ0) is 11.6. The van der Waals surface area contributed by atoms with Gasteiger partial charge in [0.15, 0.2) is 9.84 Å². The maximum absolute atomic E-state index is 11.4. The Morgan fingerprint density at radius 1 is 1.56 bits per heavy atom. The number of hydrogen-bond acceptors (Lipinski definition) is 3. The highest BCUT2D eigenvalue weighted by molar-refractivity contribution is 7.91. The van der Waals surface area contributed by atoms with Crippen molar-refractivity contribution in [2.75, 3.05) is 11.5 Å². The molecular weight excluding hydrogens is 224 g/mol. The van der Waals surface area contributed by atoms with Gasteiger partial charge in [-0.05, 0) is 24.5 Å². The zero-order valence-corrected chi connectivity index (χ0v) is 10.3. The van der Waals surface area contributed by atoms with Crippen molar-refractivity contribution >= 4 is 9.84 Å². The summed E-state index contributed by atoms with van der Waals surface area (Å²) in [6.45, 7) is 0.751. The molecule has 0 amide bonds. The fourth-order valence-corrected chi connectivity index (χ4v) is 3.78. The summed E-state index contributed by atoms with van der Waals surface area (Å²) in [6, 6.07) is 2.17. The monoisotopic (exact) mass is 242 g/mol. The summed E-state index contributed by atoms with van der Waals surface area (Å²) >= 11 is 0. The molecule has 2 heterocycles. The van der Waals surface area contributed by atoms with Gasteiger partial charge in [-0.1, -0.05) is 0 Å². The van der Waals surface area contributed by atoms with Gasteiger partial charge in [0.1, 0.15) is 0 Å². The van der Waals surface area contributed by atoms with Crippen molar-refractivity contribution in [3.05, 3.63) is 24.0 Å². The van der Waals surface area contributed by atoms with Gasteiger partial charge in [-0.2, -0.15) is 0 Å². The van der Waals surface area contributed by atoms with Crippen LogP contribution in [0.5, 0.6) is 0 Å². The molecule has 1 aliphatic heterocycles. The van der Waals surface area contributed by atoms with E-state index in [1.54, 1.807) is 0 Å². The Morgan fingerprint density at radius 2 is 2.38 bits per heavy atom. The second-order valence-corrected chi connectivity index (χ2v) is 6.75. The summed E-state index contributed by atoms with van der Waals surface area (Å²) in [4.78, 5) is 0. The summed E-state index contributed by atoms with van der Waals surface area (Å²) in [5, 5.41) is 3.31. The topological polar surface area (TPSA) is 51.1 Å². The van der Waals surface area contributed by atoms with E-state index in [-0.39, 0.29) is 6.04 Å². The van der Waals surface area contributed by atoms with E-state index in [2.05, 4.69) is 5.32 Å². The summed E-state index contributed by atoms with van der Waals surface area (Å²) in [5.41, 5.74) is 1.20. The average Bonchev–Trinajstić information content (AvgIpc) is 2.60. The zero-order valence-electron chi connectivity index (χ0n) is 9.52. The number of nitrogens with zero attached hydrogens (tertiary/aromatic N) is 1. The van der Waals surface area contributed by atoms with Crippen molar-refractivity contribution in [1.29, 1.82) is 0 Å². The Hall–Kier alpha value is -0.810. The first kappa shape index (κ1) is 11.7. The van der Waals surface area contributed by atoms with E-state index in [0.717, 1.165) is 19.4 Å². The predicted octanol–water partition coefficient (Wildman–Crippen LogP) is 0.692. The molecule has 1 saturated heterocycles. The first-order valence-electron chi connectivity index (χ1n) is 5.60. The van der Waals surface area contributed by atoms with E-state index < -0.39 is 9.84 Å². The predicted molar refractivity (Wildman–Crippen MR) is 63.9 cm³/mol. The molecule has 5 heteroatoms. The van der Waals surface area contributed by atoms with Crippen molar-refractivity contribution in [2.24, 2.45) is 7.05 Å². The number of aryl methyl sites for hydroxylation is 1. The third kappa shape index (κ3) is 3.09. The van der Waals surface area contributed by atoms with Crippen molar-refractivity contribution in [2.45, 2.75) is 25.4 Å². The van der Waals surface area contributed by atoms with E-state index in [9.17, 15) is 8.42 Å². The van der Waals surface area contributed by atoms with Crippen molar-refractivity contribution in [3.8, 4) is 0 Å². The lowest BCUT2D eigenvalue weighted by Crippen LogP contribution is -2.39. The van der Waals surface area contributed by atoms with Crippen molar-refractivity contribution < 1.29 is 8.42 Å². The van der Waals surface area contributed by atoms with Gasteiger partial charge in [0.25, 0.3) is 0 Å². The third-order valence-electron chi connectivity index (χ3n) is 2.95. The summed E-state index contributed by atoms with van der Waals surface area (Å²) < 4.78 is 24.9. The van der Waals surface area contributed by atoms with Gasteiger partial charge in [0.2, 0.25) is 0 Å². The minimum absolute atomic E-state index is 0.124. The highest BCUT2D eigenvalue weighted by atomic mass is 32.2. The van der Waals surface area contributed by atoms with Crippen LogP contribution in [0.3, 0.4) is 0 Å². The second kappa shape index (κ2) is 4.59. The lowest BCUT2D eigenvalue weighted by molar-refractivity contribution is 0.480. The third-order valence-corrected chi connectivity index (χ3v) is 4.77. The van der Waals surface area contributed by atoms with Gasteiger partial charge in [0.05, 0.1) is 11.5 Å². The maximum Gasteiger partial charge on any atom is 0.151 e. The van der Waals surface area contributed by atoms with Gasteiger partial charge in [0, 0.05) is 32.0 Å². The summed E-state index contributed by atoms with van der Waals surface area (Å²) in [5.74, 6) is 0.649. The van der Waals surface area contributed by atoms with E-state index in [1.807, 2.05) is 30.1 Å². The molecule has 2 rings (SSSR count). The van der Waals surface area contributed by atoms with E-state index >= 15 is 0 Å². The number of sulfone groups is 1. The van der Waals surface area contributed by atoms with Crippen LogP contribution in [0.2, 0.25) is 0 Å². The highest BCUT2D eigenvalue weighted by Gasteiger charge is 2.23.